The van der Waals surface area contributed by atoms with Gasteiger partial charge >= 0.3 is 17.9 Å². The number of carbonyl (C=O) groups excluding carboxylic acids is 5. The van der Waals surface area contributed by atoms with Gasteiger partial charge in [0.25, 0.3) is 0 Å². The first-order valence-corrected chi connectivity index (χ1v) is 9.59. The monoisotopic (exact) mass is 436 g/mol. The summed E-state index contributed by atoms with van der Waals surface area (Å²) in [6.07, 6.45) is -0.887. The second-order valence-electron chi connectivity index (χ2n) is 6.68. The lowest BCUT2D eigenvalue weighted by Gasteiger charge is -2.23. The number of rotatable bonds is 11. The van der Waals surface area contributed by atoms with Crippen molar-refractivity contribution < 1.29 is 38.2 Å². The van der Waals surface area contributed by atoms with Gasteiger partial charge in [0.15, 0.2) is 0 Å². The van der Waals surface area contributed by atoms with Gasteiger partial charge in [0.05, 0.1) is 39.7 Å². The molecule has 0 bridgehead atoms. The largest absolute Gasteiger partial charge is 0.469 e. The maximum absolute atomic E-state index is 12.3. The van der Waals surface area contributed by atoms with Gasteiger partial charge in [-0.1, -0.05) is 30.3 Å². The van der Waals surface area contributed by atoms with Crippen LogP contribution in [0, 0.1) is 5.92 Å². The normalized spacial score (nSPS) is 13.2. The topological polar surface area (TPSA) is 137 Å². The van der Waals surface area contributed by atoms with Crippen LogP contribution in [0.25, 0.3) is 0 Å². The Bertz CT molecular complexity index is 781. The lowest BCUT2D eigenvalue weighted by molar-refractivity contribution is -0.159. The summed E-state index contributed by atoms with van der Waals surface area (Å²) in [5.74, 6) is -4.98. The van der Waals surface area contributed by atoms with Crippen molar-refractivity contribution in [1.29, 1.82) is 0 Å². The third-order valence-corrected chi connectivity index (χ3v) is 4.55. The summed E-state index contributed by atoms with van der Waals surface area (Å²) >= 11 is 0. The average Bonchev–Trinajstić information content (AvgIpc) is 2.79. The number of methoxy groups -OCH3 is 3. The molecule has 0 aliphatic heterocycles. The molecule has 0 heterocycles. The van der Waals surface area contributed by atoms with Crippen molar-refractivity contribution in [3.05, 3.63) is 35.9 Å². The minimum absolute atomic E-state index is 0.142. The molecule has 10 heteroatoms. The molecule has 1 aromatic carbocycles. The van der Waals surface area contributed by atoms with Gasteiger partial charge in [-0.3, -0.25) is 19.2 Å². The first-order valence-electron chi connectivity index (χ1n) is 9.59. The average molecular weight is 436 g/mol. The van der Waals surface area contributed by atoms with Gasteiger partial charge in [-0.25, -0.2) is 4.79 Å². The summed E-state index contributed by atoms with van der Waals surface area (Å²) in [5, 5.41) is 5.13. The minimum Gasteiger partial charge on any atom is -0.469 e. The van der Waals surface area contributed by atoms with Crippen LogP contribution in [0.5, 0.6) is 0 Å². The Kier molecular flexibility index (Phi) is 10.7. The van der Waals surface area contributed by atoms with E-state index in [0.29, 0.717) is 0 Å². The lowest BCUT2D eigenvalue weighted by Crippen LogP contribution is -2.50. The molecule has 10 nitrogen and oxygen atoms in total. The fourth-order valence-corrected chi connectivity index (χ4v) is 2.81. The van der Waals surface area contributed by atoms with E-state index in [2.05, 4.69) is 24.8 Å². The molecule has 2 amide bonds. The highest BCUT2D eigenvalue weighted by Crippen LogP contribution is 2.15. The predicted molar refractivity (Wildman–Crippen MR) is 108 cm³/mol. The molecule has 0 saturated carbocycles. The highest BCUT2D eigenvalue weighted by Gasteiger charge is 2.38. The SMILES string of the molecule is COC(=O)C[C@H](C(=O)OC)[C@H](NC(=O)CCC(=O)N[C@H](C)c1ccccc1)C(=O)OC. The summed E-state index contributed by atoms with van der Waals surface area (Å²) in [6.45, 7) is 1.81. The second-order valence-corrected chi connectivity index (χ2v) is 6.68. The summed E-state index contributed by atoms with van der Waals surface area (Å²) in [7, 11) is 3.28. The number of hydrogen-bond acceptors (Lipinski definition) is 8. The van der Waals surface area contributed by atoms with Crippen LogP contribution >= 0.6 is 0 Å². The number of esters is 3. The predicted octanol–water partition coefficient (Wildman–Crippen LogP) is 0.654. The van der Waals surface area contributed by atoms with Gasteiger partial charge in [-0.15, -0.1) is 0 Å². The Morgan fingerprint density at radius 2 is 1.35 bits per heavy atom. The Balaban J connectivity index is 2.73. The van der Waals surface area contributed by atoms with Crippen LogP contribution in [0.3, 0.4) is 0 Å². The molecule has 0 spiro atoms. The Morgan fingerprint density at radius 3 is 1.87 bits per heavy atom. The third kappa shape index (κ3) is 8.45. The van der Waals surface area contributed by atoms with Crippen molar-refractivity contribution in [2.75, 3.05) is 21.3 Å². The van der Waals surface area contributed by atoms with E-state index in [9.17, 15) is 24.0 Å². The van der Waals surface area contributed by atoms with Gasteiger partial charge < -0.3 is 24.8 Å². The van der Waals surface area contributed by atoms with E-state index in [0.717, 1.165) is 26.9 Å². The van der Waals surface area contributed by atoms with E-state index in [1.807, 2.05) is 37.3 Å². The van der Waals surface area contributed by atoms with Crippen LogP contribution < -0.4 is 10.6 Å². The number of carbonyl (C=O) groups is 5. The molecule has 0 aliphatic rings. The summed E-state index contributed by atoms with van der Waals surface area (Å²) in [6, 6.07) is 7.58. The summed E-state index contributed by atoms with van der Waals surface area (Å²) in [4.78, 5) is 60.3. The van der Waals surface area contributed by atoms with Crippen LogP contribution in [0.1, 0.15) is 37.8 Å². The molecule has 0 saturated heterocycles. The van der Waals surface area contributed by atoms with Gasteiger partial charge in [0.1, 0.15) is 6.04 Å². The Hall–Kier alpha value is -3.43. The number of hydrogen-bond donors (Lipinski definition) is 2. The van der Waals surface area contributed by atoms with E-state index in [4.69, 9.17) is 0 Å². The Labute approximate surface area is 180 Å². The fraction of sp³-hybridized carbons (Fsp3) is 0.476. The van der Waals surface area contributed by atoms with Gasteiger partial charge in [0.2, 0.25) is 11.8 Å². The Morgan fingerprint density at radius 1 is 0.806 bits per heavy atom. The van der Waals surface area contributed by atoms with Gasteiger partial charge in [-0.2, -0.15) is 0 Å². The number of ether oxygens (including phenoxy) is 3. The molecule has 0 aliphatic carbocycles. The summed E-state index contributed by atoms with van der Waals surface area (Å²) in [5.41, 5.74) is 0.912. The standard InChI is InChI=1S/C21H28N2O8/c1-13(14-8-6-5-7-9-14)22-16(24)10-11-17(25)23-19(21(28)31-4)15(20(27)30-3)12-18(26)29-2/h5-9,13,15,19H,10-12H2,1-4H3,(H,22,24)(H,23,25)/t13-,15+,19+/m1/s1. The molecule has 2 N–H and O–H groups in total. The quantitative estimate of drug-likeness (QED) is 0.381. The number of nitrogens with one attached hydrogen (secondary N) is 2. The van der Waals surface area contributed by atoms with Crippen molar-refractivity contribution in [2.45, 2.75) is 38.3 Å². The van der Waals surface area contributed by atoms with Crippen LogP contribution in [-0.2, 0) is 38.2 Å². The van der Waals surface area contributed by atoms with E-state index in [1.54, 1.807) is 0 Å². The molecule has 1 aromatic rings. The zero-order chi connectivity index (χ0) is 23.4. The molecule has 0 radical (unpaired) electrons. The number of benzene rings is 1. The molecule has 0 fully saturated rings. The van der Waals surface area contributed by atoms with Crippen LogP contribution in [-0.4, -0.2) is 57.1 Å². The molecule has 0 unspecified atom stereocenters. The highest BCUT2D eigenvalue weighted by molar-refractivity contribution is 5.92. The molecular weight excluding hydrogens is 408 g/mol. The smallest absolute Gasteiger partial charge is 0.329 e. The zero-order valence-electron chi connectivity index (χ0n) is 18.0. The van der Waals surface area contributed by atoms with Crippen LogP contribution in [0.2, 0.25) is 0 Å². The maximum atomic E-state index is 12.3. The maximum Gasteiger partial charge on any atom is 0.329 e. The van der Waals surface area contributed by atoms with Crippen LogP contribution in [0.4, 0.5) is 0 Å². The minimum atomic E-state index is -1.48. The van der Waals surface area contributed by atoms with Crippen molar-refractivity contribution in [2.24, 2.45) is 5.92 Å². The molecule has 0 aromatic heterocycles. The van der Waals surface area contributed by atoms with Crippen molar-refractivity contribution in [1.82, 2.24) is 10.6 Å². The first kappa shape index (κ1) is 25.6. The lowest BCUT2D eigenvalue weighted by atomic mass is 9.95. The van der Waals surface area contributed by atoms with Gasteiger partial charge in [-0.05, 0) is 12.5 Å². The molecule has 170 valence electrons. The zero-order valence-corrected chi connectivity index (χ0v) is 18.0. The van der Waals surface area contributed by atoms with Gasteiger partial charge in [0, 0.05) is 12.8 Å². The molecule has 1 rings (SSSR count). The molecular formula is C21H28N2O8. The first-order chi connectivity index (χ1) is 14.7. The van der Waals surface area contributed by atoms with Crippen molar-refractivity contribution in [3.63, 3.8) is 0 Å². The highest BCUT2D eigenvalue weighted by atomic mass is 16.5. The van der Waals surface area contributed by atoms with Crippen molar-refractivity contribution in [3.8, 4) is 0 Å². The van der Waals surface area contributed by atoms with Crippen molar-refractivity contribution >= 4 is 29.7 Å². The van der Waals surface area contributed by atoms with E-state index >= 15 is 0 Å². The molecule has 3 atom stereocenters. The molecule has 31 heavy (non-hydrogen) atoms. The van der Waals surface area contributed by atoms with Crippen LogP contribution in [0.15, 0.2) is 30.3 Å². The third-order valence-electron chi connectivity index (χ3n) is 4.55. The number of amides is 2. The summed E-state index contributed by atoms with van der Waals surface area (Å²) < 4.78 is 13.8. The van der Waals surface area contributed by atoms with E-state index in [-0.39, 0.29) is 24.8 Å². The second kappa shape index (κ2) is 13.0. The van der Waals surface area contributed by atoms with E-state index in [1.165, 1.54) is 0 Å². The van der Waals surface area contributed by atoms with E-state index < -0.39 is 42.2 Å². The fourth-order valence-electron chi connectivity index (χ4n) is 2.81.